The van der Waals surface area contributed by atoms with Gasteiger partial charge in [-0.2, -0.15) is 0 Å². The van der Waals surface area contributed by atoms with Crippen molar-refractivity contribution in [1.29, 1.82) is 0 Å². The first-order chi connectivity index (χ1) is 18.9. The molecular weight excluding hydrogens is 518 g/mol. The Kier molecular flexibility index (Phi) is 9.64. The molecule has 6 N–H and O–H groups in total. The lowest BCUT2D eigenvalue weighted by Gasteiger charge is -2.41. The van der Waals surface area contributed by atoms with E-state index in [0.717, 1.165) is 0 Å². The van der Waals surface area contributed by atoms with Crippen LogP contribution in [0.4, 0.5) is 0 Å². The number of hydrogen-bond donors (Lipinski definition) is 5. The molecule has 0 radical (unpaired) electrons. The van der Waals surface area contributed by atoms with Gasteiger partial charge in [0.15, 0.2) is 0 Å². The van der Waals surface area contributed by atoms with Gasteiger partial charge in [-0.3, -0.25) is 24.0 Å². The van der Waals surface area contributed by atoms with Gasteiger partial charge in [0.1, 0.15) is 29.6 Å². The van der Waals surface area contributed by atoms with Gasteiger partial charge in [-0.15, -0.1) is 0 Å². The quantitative estimate of drug-likeness (QED) is 0.233. The van der Waals surface area contributed by atoms with Crippen molar-refractivity contribution in [3.63, 3.8) is 0 Å². The number of phenolic OH excluding ortho intramolecular Hbond substituents is 1. The molecule has 1 aliphatic heterocycles. The first kappa shape index (κ1) is 29.9. The van der Waals surface area contributed by atoms with E-state index in [1.54, 1.807) is 26.0 Å². The number of aromatic amines is 1. The summed E-state index contributed by atoms with van der Waals surface area (Å²) in [5.41, 5.74) is 6.71. The smallest absolute Gasteiger partial charge is 0.270 e. The predicted octanol–water partition coefficient (Wildman–Crippen LogP) is -0.416. The van der Waals surface area contributed by atoms with Gasteiger partial charge in [0, 0.05) is 44.7 Å². The fourth-order valence-corrected chi connectivity index (χ4v) is 4.64. The molecule has 13 nitrogen and oxygen atoms in total. The van der Waals surface area contributed by atoms with Gasteiger partial charge in [0.05, 0.1) is 6.33 Å². The Morgan fingerprint density at radius 1 is 1.10 bits per heavy atom. The molecule has 40 heavy (non-hydrogen) atoms. The number of amides is 5. The van der Waals surface area contributed by atoms with Crippen molar-refractivity contribution in [3.05, 3.63) is 60.3 Å². The Morgan fingerprint density at radius 2 is 1.77 bits per heavy atom. The van der Waals surface area contributed by atoms with Crippen LogP contribution < -0.4 is 16.4 Å². The average molecular weight is 554 g/mol. The van der Waals surface area contributed by atoms with Crippen LogP contribution in [0.1, 0.15) is 32.0 Å². The van der Waals surface area contributed by atoms with Gasteiger partial charge in [0.25, 0.3) is 5.91 Å². The number of piperazine rings is 1. The number of imidazole rings is 1. The summed E-state index contributed by atoms with van der Waals surface area (Å²) in [6.45, 7) is 8.69. The van der Waals surface area contributed by atoms with Crippen LogP contribution in [-0.4, -0.2) is 85.6 Å². The molecule has 5 amide bonds. The summed E-state index contributed by atoms with van der Waals surface area (Å²) < 4.78 is 0. The number of H-pyrrole nitrogens is 1. The zero-order valence-electron chi connectivity index (χ0n) is 22.7. The molecule has 0 aliphatic carbocycles. The van der Waals surface area contributed by atoms with Crippen molar-refractivity contribution in [2.24, 2.45) is 11.7 Å². The molecule has 3 unspecified atom stereocenters. The molecule has 2 heterocycles. The van der Waals surface area contributed by atoms with Crippen LogP contribution in [0.25, 0.3) is 0 Å². The second-order valence-electron chi connectivity index (χ2n) is 9.99. The molecule has 3 atom stereocenters. The minimum absolute atomic E-state index is 0.0237. The van der Waals surface area contributed by atoms with E-state index in [4.69, 9.17) is 5.73 Å². The van der Waals surface area contributed by atoms with Crippen LogP contribution in [-0.2, 0) is 36.8 Å². The molecule has 13 heteroatoms. The summed E-state index contributed by atoms with van der Waals surface area (Å²) >= 11 is 0. The van der Waals surface area contributed by atoms with Crippen molar-refractivity contribution >= 4 is 29.5 Å². The van der Waals surface area contributed by atoms with E-state index in [-0.39, 0.29) is 43.3 Å². The number of carbonyl (C=O) groups excluding carboxylic acids is 5. The second-order valence-corrected chi connectivity index (χ2v) is 9.99. The molecular formula is C27H35N7O6. The minimum atomic E-state index is -1.06. The Bertz CT molecular complexity index is 1260. The van der Waals surface area contributed by atoms with Crippen LogP contribution in [0.5, 0.6) is 5.75 Å². The molecule has 2 aromatic rings. The van der Waals surface area contributed by atoms with E-state index in [1.165, 1.54) is 41.4 Å². The van der Waals surface area contributed by atoms with E-state index in [1.807, 2.05) is 0 Å². The second kappa shape index (κ2) is 12.9. The highest BCUT2D eigenvalue weighted by atomic mass is 16.3. The maximum Gasteiger partial charge on any atom is 0.270 e. The van der Waals surface area contributed by atoms with Crippen LogP contribution in [0.15, 0.2) is 49.1 Å². The number of primary amides is 1. The summed E-state index contributed by atoms with van der Waals surface area (Å²) in [6, 6.07) is 3.16. The molecule has 1 aliphatic rings. The maximum absolute atomic E-state index is 13.4. The van der Waals surface area contributed by atoms with Crippen molar-refractivity contribution in [1.82, 2.24) is 30.4 Å². The van der Waals surface area contributed by atoms with Gasteiger partial charge in [-0.05, 0) is 23.6 Å². The number of rotatable bonds is 11. The van der Waals surface area contributed by atoms with E-state index in [0.29, 0.717) is 11.3 Å². The third kappa shape index (κ3) is 7.24. The van der Waals surface area contributed by atoms with Gasteiger partial charge >= 0.3 is 0 Å². The number of hydrogen-bond acceptors (Lipinski definition) is 7. The van der Waals surface area contributed by atoms with Crippen molar-refractivity contribution in [2.45, 2.75) is 51.7 Å². The molecule has 0 spiro atoms. The Hall–Kier alpha value is -4.68. The standard InChI is InChI=1S/C27H35N7O6/c1-15(2)23(25(38)32-21(24(28)37)11-18-5-7-20(36)8-6-18)34-10-9-33(16(3)26(34)39)27(40)22(31-17(4)35)12-19-13-29-14-30-19/h5-8,13-15,21-23,36H,3,9-12H2,1-2,4H3,(H2,28,37)(H,29,30)(H,31,35)(H,32,38). The van der Waals surface area contributed by atoms with Gasteiger partial charge in [0.2, 0.25) is 23.6 Å². The fraction of sp³-hybridized carbons (Fsp3) is 0.407. The molecule has 1 saturated heterocycles. The number of phenols is 1. The first-order valence-corrected chi connectivity index (χ1v) is 12.8. The molecule has 3 rings (SSSR count). The van der Waals surface area contributed by atoms with Crippen LogP contribution in [0, 0.1) is 5.92 Å². The number of carbonyl (C=O) groups is 5. The maximum atomic E-state index is 13.4. The lowest BCUT2D eigenvalue weighted by molar-refractivity contribution is -0.148. The third-order valence-electron chi connectivity index (χ3n) is 6.59. The van der Waals surface area contributed by atoms with E-state index < -0.39 is 47.7 Å². The van der Waals surface area contributed by atoms with Crippen molar-refractivity contribution < 1.29 is 29.1 Å². The largest absolute Gasteiger partial charge is 0.508 e. The number of aromatic nitrogens is 2. The molecule has 1 aromatic carbocycles. The van der Waals surface area contributed by atoms with E-state index in [9.17, 15) is 29.1 Å². The molecule has 0 saturated carbocycles. The minimum Gasteiger partial charge on any atom is -0.508 e. The normalized spacial score (nSPS) is 15.9. The van der Waals surface area contributed by atoms with Crippen LogP contribution in [0.2, 0.25) is 0 Å². The molecule has 1 fully saturated rings. The Morgan fingerprint density at radius 3 is 2.33 bits per heavy atom. The summed E-state index contributed by atoms with van der Waals surface area (Å²) in [6.07, 6.45) is 3.21. The van der Waals surface area contributed by atoms with Crippen LogP contribution >= 0.6 is 0 Å². The lowest BCUT2D eigenvalue weighted by Crippen LogP contribution is -2.62. The Balaban J connectivity index is 1.74. The summed E-state index contributed by atoms with van der Waals surface area (Å²) in [7, 11) is 0. The van der Waals surface area contributed by atoms with Gasteiger partial charge < -0.3 is 36.3 Å². The number of benzene rings is 1. The van der Waals surface area contributed by atoms with Crippen molar-refractivity contribution in [3.8, 4) is 5.75 Å². The van der Waals surface area contributed by atoms with Gasteiger partial charge in [-0.1, -0.05) is 32.6 Å². The summed E-state index contributed by atoms with van der Waals surface area (Å²) in [5, 5.41) is 14.8. The fourth-order valence-electron chi connectivity index (χ4n) is 4.64. The third-order valence-corrected chi connectivity index (χ3v) is 6.59. The highest BCUT2D eigenvalue weighted by molar-refractivity contribution is 6.02. The Labute approximate surface area is 231 Å². The van der Waals surface area contributed by atoms with Crippen molar-refractivity contribution in [2.75, 3.05) is 13.1 Å². The predicted molar refractivity (Wildman–Crippen MR) is 144 cm³/mol. The summed E-state index contributed by atoms with van der Waals surface area (Å²) in [4.78, 5) is 73.5. The average Bonchev–Trinajstić information content (AvgIpc) is 3.39. The molecule has 1 aromatic heterocycles. The van der Waals surface area contributed by atoms with E-state index >= 15 is 0 Å². The highest BCUT2D eigenvalue weighted by Crippen LogP contribution is 2.22. The number of nitrogens with one attached hydrogen (secondary N) is 3. The topological polar surface area (TPSA) is 191 Å². The number of nitrogens with zero attached hydrogens (tertiary/aromatic N) is 3. The molecule has 0 bridgehead atoms. The molecule has 214 valence electrons. The number of aromatic hydroxyl groups is 1. The highest BCUT2D eigenvalue weighted by Gasteiger charge is 2.41. The SMILES string of the molecule is C=C1C(=O)N(C(C(=O)NC(Cc2ccc(O)cc2)C(N)=O)C(C)C)CCN1C(=O)C(Cc1cnc[nH]1)NC(C)=O. The first-order valence-electron chi connectivity index (χ1n) is 12.8. The number of nitrogens with two attached hydrogens (primary N) is 1. The van der Waals surface area contributed by atoms with E-state index in [2.05, 4.69) is 27.2 Å². The lowest BCUT2D eigenvalue weighted by atomic mass is 9.98. The van der Waals surface area contributed by atoms with Gasteiger partial charge in [-0.25, -0.2) is 4.98 Å². The zero-order chi connectivity index (χ0) is 29.6. The monoisotopic (exact) mass is 553 g/mol. The van der Waals surface area contributed by atoms with Crippen LogP contribution in [0.3, 0.4) is 0 Å². The summed E-state index contributed by atoms with van der Waals surface area (Å²) in [5.74, 6) is -3.17. The zero-order valence-corrected chi connectivity index (χ0v) is 22.7.